The number of carboxylic acid groups (broad SMARTS) is 1. The van der Waals surface area contributed by atoms with E-state index < -0.39 is 17.6 Å². The molecule has 31 heavy (non-hydrogen) atoms. The van der Waals surface area contributed by atoms with Gasteiger partial charge in [-0.15, -0.1) is 11.3 Å². The normalized spacial score (nSPS) is 10.9. The fraction of sp³-hybridized carbons (Fsp3) is 0.0435. The lowest BCUT2D eigenvalue weighted by molar-refractivity contribution is -0.829. The summed E-state index contributed by atoms with van der Waals surface area (Å²) in [5.41, 5.74) is 5.28. The van der Waals surface area contributed by atoms with Gasteiger partial charge in [0, 0.05) is 33.7 Å². The SMILES string of the molecule is CO[NH2+]c1ccccc1-c1ccc(-c2nc(-c3ccc(F)c(F)c3)cs2)cc1C(=O)O. The second-order valence-electron chi connectivity index (χ2n) is 6.67. The number of hydrogen-bond donors (Lipinski definition) is 2. The lowest BCUT2D eigenvalue weighted by Gasteiger charge is -2.10. The highest BCUT2D eigenvalue weighted by molar-refractivity contribution is 7.13. The Kier molecular flexibility index (Phi) is 5.85. The van der Waals surface area contributed by atoms with E-state index >= 15 is 0 Å². The van der Waals surface area contributed by atoms with Crippen molar-refractivity contribution in [2.24, 2.45) is 0 Å². The molecule has 0 amide bonds. The zero-order valence-corrected chi connectivity index (χ0v) is 17.1. The van der Waals surface area contributed by atoms with Crippen LogP contribution in [0.3, 0.4) is 0 Å². The van der Waals surface area contributed by atoms with Crippen molar-refractivity contribution in [3.05, 3.63) is 83.2 Å². The third-order valence-corrected chi connectivity index (χ3v) is 5.60. The molecule has 0 saturated carbocycles. The van der Waals surface area contributed by atoms with E-state index in [-0.39, 0.29) is 5.56 Å². The van der Waals surface area contributed by atoms with Crippen molar-refractivity contribution in [1.82, 2.24) is 4.98 Å². The minimum absolute atomic E-state index is 0.124. The summed E-state index contributed by atoms with van der Waals surface area (Å²) in [5, 5.41) is 12.1. The predicted octanol–water partition coefficient (Wildman–Crippen LogP) is 4.88. The molecule has 0 saturated heterocycles. The summed E-state index contributed by atoms with van der Waals surface area (Å²) in [6.45, 7) is 0. The summed E-state index contributed by atoms with van der Waals surface area (Å²) in [6, 6.07) is 16.0. The van der Waals surface area contributed by atoms with Gasteiger partial charge in [0.25, 0.3) is 0 Å². The van der Waals surface area contributed by atoms with E-state index in [2.05, 4.69) is 4.98 Å². The third-order valence-electron chi connectivity index (χ3n) is 4.71. The Bertz CT molecular complexity index is 1270. The molecule has 5 nitrogen and oxygen atoms in total. The highest BCUT2D eigenvalue weighted by Gasteiger charge is 2.19. The predicted molar refractivity (Wildman–Crippen MR) is 114 cm³/mol. The molecule has 0 bridgehead atoms. The molecule has 0 fully saturated rings. The number of nitrogens with zero attached hydrogens (tertiary/aromatic N) is 1. The summed E-state index contributed by atoms with van der Waals surface area (Å²) in [5.74, 6) is -2.94. The quantitative estimate of drug-likeness (QED) is 0.332. The van der Waals surface area contributed by atoms with Crippen molar-refractivity contribution in [3.63, 3.8) is 0 Å². The minimum atomic E-state index is -1.07. The van der Waals surface area contributed by atoms with Crippen LogP contribution < -0.4 is 5.48 Å². The van der Waals surface area contributed by atoms with Gasteiger partial charge in [0.2, 0.25) is 0 Å². The molecule has 4 aromatic rings. The second-order valence-corrected chi connectivity index (χ2v) is 7.53. The van der Waals surface area contributed by atoms with Crippen molar-refractivity contribution in [2.75, 3.05) is 7.11 Å². The maximum absolute atomic E-state index is 13.6. The number of thiazole rings is 1. The topological polar surface area (TPSA) is 76.0 Å². The summed E-state index contributed by atoms with van der Waals surface area (Å²) in [4.78, 5) is 21.6. The first-order valence-electron chi connectivity index (χ1n) is 9.22. The molecule has 1 aromatic heterocycles. The number of hydrogen-bond acceptors (Lipinski definition) is 4. The van der Waals surface area contributed by atoms with Gasteiger partial charge in [0.1, 0.15) is 5.01 Å². The average Bonchev–Trinajstić information content (AvgIpc) is 3.26. The van der Waals surface area contributed by atoms with Gasteiger partial charge < -0.3 is 5.11 Å². The molecule has 3 aromatic carbocycles. The number of rotatable bonds is 6. The van der Waals surface area contributed by atoms with Gasteiger partial charge in [-0.2, -0.15) is 5.48 Å². The van der Waals surface area contributed by atoms with Crippen LogP contribution in [-0.2, 0) is 4.84 Å². The second kappa shape index (κ2) is 8.73. The molecule has 0 aliphatic carbocycles. The smallest absolute Gasteiger partial charge is 0.336 e. The summed E-state index contributed by atoms with van der Waals surface area (Å²) in [6.07, 6.45) is 0. The van der Waals surface area contributed by atoms with Crippen molar-refractivity contribution < 1.29 is 29.0 Å². The van der Waals surface area contributed by atoms with E-state index in [4.69, 9.17) is 4.84 Å². The van der Waals surface area contributed by atoms with Crippen LogP contribution in [0.5, 0.6) is 0 Å². The van der Waals surface area contributed by atoms with E-state index in [1.54, 1.807) is 29.1 Å². The number of aromatic nitrogens is 1. The van der Waals surface area contributed by atoms with Crippen LogP contribution >= 0.6 is 11.3 Å². The minimum Gasteiger partial charge on any atom is -0.478 e. The Hall–Kier alpha value is -3.46. The zero-order chi connectivity index (χ0) is 22.0. The van der Waals surface area contributed by atoms with E-state index in [1.165, 1.54) is 24.5 Å². The maximum Gasteiger partial charge on any atom is 0.336 e. The van der Waals surface area contributed by atoms with Crippen molar-refractivity contribution in [3.8, 4) is 33.0 Å². The number of halogens is 2. The lowest BCUT2D eigenvalue weighted by atomic mass is 9.96. The number of carboxylic acids is 1. The molecule has 0 spiro atoms. The number of carbonyl (C=O) groups is 1. The Balaban J connectivity index is 1.75. The van der Waals surface area contributed by atoms with Crippen molar-refractivity contribution in [1.29, 1.82) is 0 Å². The summed E-state index contributed by atoms with van der Waals surface area (Å²) >= 11 is 1.29. The molecule has 8 heteroatoms. The van der Waals surface area contributed by atoms with Gasteiger partial charge in [-0.05, 0) is 30.3 Å². The molecule has 0 unspecified atom stereocenters. The first kappa shape index (κ1) is 20.8. The van der Waals surface area contributed by atoms with Gasteiger partial charge >= 0.3 is 5.97 Å². The Morgan fingerprint density at radius 3 is 2.52 bits per heavy atom. The maximum atomic E-state index is 13.6. The molecule has 3 N–H and O–H groups in total. The molecule has 0 atom stereocenters. The zero-order valence-electron chi connectivity index (χ0n) is 16.3. The van der Waals surface area contributed by atoms with E-state index in [0.717, 1.165) is 23.4 Å². The van der Waals surface area contributed by atoms with Crippen LogP contribution in [0.25, 0.3) is 33.0 Å². The lowest BCUT2D eigenvalue weighted by Crippen LogP contribution is -2.76. The molecular formula is C23H17F2N2O3S+. The Morgan fingerprint density at radius 1 is 1.00 bits per heavy atom. The van der Waals surface area contributed by atoms with Crippen LogP contribution in [-0.4, -0.2) is 23.2 Å². The Labute approximate surface area is 180 Å². The number of nitrogens with two attached hydrogens (primary N) is 1. The van der Waals surface area contributed by atoms with Crippen LogP contribution in [0.15, 0.2) is 66.0 Å². The molecule has 0 aliphatic heterocycles. The van der Waals surface area contributed by atoms with Crippen LogP contribution in [0.1, 0.15) is 10.4 Å². The van der Waals surface area contributed by atoms with Crippen molar-refractivity contribution >= 4 is 23.0 Å². The third kappa shape index (κ3) is 4.22. The first-order chi connectivity index (χ1) is 15.0. The van der Waals surface area contributed by atoms with E-state index in [9.17, 15) is 18.7 Å². The molecule has 4 rings (SSSR count). The van der Waals surface area contributed by atoms with Gasteiger partial charge in [-0.1, -0.05) is 24.3 Å². The highest BCUT2D eigenvalue weighted by Crippen LogP contribution is 2.34. The van der Waals surface area contributed by atoms with Crippen molar-refractivity contribution in [2.45, 2.75) is 0 Å². The van der Waals surface area contributed by atoms with Gasteiger partial charge in [0.05, 0.1) is 18.4 Å². The fourth-order valence-electron chi connectivity index (χ4n) is 3.26. The Morgan fingerprint density at radius 2 is 1.77 bits per heavy atom. The van der Waals surface area contributed by atoms with Crippen LogP contribution in [0.4, 0.5) is 14.5 Å². The molecule has 1 heterocycles. The summed E-state index contributed by atoms with van der Waals surface area (Å²) in [7, 11) is 1.53. The number of benzene rings is 3. The standard InChI is InChI=1S/C23H16F2N2O3S/c1-30-27-20-5-3-2-4-16(20)15-8-6-14(10-17(15)23(28)29)22-26-21(12-31-22)13-7-9-18(24)19(25)11-13/h2-12,27H,1H3,(H,28,29)/p+1. The van der Waals surface area contributed by atoms with Gasteiger partial charge in [-0.3, -0.25) is 0 Å². The molecule has 0 aliphatic rings. The van der Waals surface area contributed by atoms with E-state index in [1.807, 2.05) is 24.3 Å². The molecular weight excluding hydrogens is 422 g/mol. The molecule has 156 valence electrons. The largest absolute Gasteiger partial charge is 0.478 e. The number of quaternary nitrogens is 1. The number of aromatic carboxylic acids is 1. The van der Waals surface area contributed by atoms with E-state index in [0.29, 0.717) is 27.4 Å². The van der Waals surface area contributed by atoms with Crippen LogP contribution in [0.2, 0.25) is 0 Å². The average molecular weight is 439 g/mol. The monoisotopic (exact) mass is 439 g/mol. The highest BCUT2D eigenvalue weighted by atomic mass is 32.1. The summed E-state index contributed by atoms with van der Waals surface area (Å²) < 4.78 is 26.8. The first-order valence-corrected chi connectivity index (χ1v) is 10.1. The fourth-order valence-corrected chi connectivity index (χ4v) is 4.08. The van der Waals surface area contributed by atoms with Crippen LogP contribution in [0, 0.1) is 11.6 Å². The molecule has 0 radical (unpaired) electrons. The van der Waals surface area contributed by atoms with Gasteiger partial charge in [0.15, 0.2) is 17.3 Å². The van der Waals surface area contributed by atoms with Gasteiger partial charge in [-0.25, -0.2) is 23.4 Å².